The second kappa shape index (κ2) is 2.09. The van der Waals surface area contributed by atoms with Crippen LogP contribution in [-0.4, -0.2) is 35.9 Å². The van der Waals surface area contributed by atoms with E-state index in [4.69, 9.17) is 4.74 Å². The highest BCUT2D eigenvalue weighted by Crippen LogP contribution is 2.30. The Balaban J connectivity index is 2.21. The molecule has 2 aliphatic heterocycles. The molecular weight excluding hydrogens is 149 g/mol. The fourth-order valence-corrected chi connectivity index (χ4v) is 1.83. The van der Waals surface area contributed by atoms with Gasteiger partial charge in [0.05, 0.1) is 0 Å². The van der Waals surface area contributed by atoms with Gasteiger partial charge in [0.1, 0.15) is 18.3 Å². The standard InChI is InChI=1S/C7H10FNO2/c1-4-6-5(8)2-3-9(6)7(10)11-4/h4-6H,2-3H2,1H3/t4-,5-,6+/m0/s1. The molecule has 0 aliphatic carbocycles. The van der Waals surface area contributed by atoms with E-state index in [0.29, 0.717) is 13.0 Å². The van der Waals surface area contributed by atoms with Gasteiger partial charge in [-0.1, -0.05) is 0 Å². The van der Waals surface area contributed by atoms with E-state index in [2.05, 4.69) is 0 Å². The largest absolute Gasteiger partial charge is 0.444 e. The number of amides is 1. The molecule has 0 saturated carbocycles. The molecule has 4 heteroatoms. The summed E-state index contributed by atoms with van der Waals surface area (Å²) in [6.07, 6.45) is -1.07. The molecule has 0 unspecified atom stereocenters. The monoisotopic (exact) mass is 159 g/mol. The van der Waals surface area contributed by atoms with E-state index in [1.807, 2.05) is 0 Å². The molecule has 0 aromatic carbocycles. The molecule has 11 heavy (non-hydrogen) atoms. The third-order valence-corrected chi connectivity index (χ3v) is 2.38. The maximum Gasteiger partial charge on any atom is 0.410 e. The van der Waals surface area contributed by atoms with Crippen LogP contribution in [0.25, 0.3) is 0 Å². The highest BCUT2D eigenvalue weighted by atomic mass is 19.1. The Labute approximate surface area is 64.1 Å². The molecule has 2 rings (SSSR count). The molecule has 2 heterocycles. The van der Waals surface area contributed by atoms with Crippen LogP contribution in [0.4, 0.5) is 9.18 Å². The molecule has 0 radical (unpaired) electrons. The maximum absolute atomic E-state index is 13.0. The van der Waals surface area contributed by atoms with E-state index in [1.165, 1.54) is 4.90 Å². The first-order valence-corrected chi connectivity index (χ1v) is 3.81. The van der Waals surface area contributed by atoms with Gasteiger partial charge in [0.2, 0.25) is 0 Å². The molecule has 2 fully saturated rings. The quantitative estimate of drug-likeness (QED) is 0.526. The topological polar surface area (TPSA) is 29.5 Å². The lowest BCUT2D eigenvalue weighted by molar-refractivity contribution is 0.125. The Morgan fingerprint density at radius 2 is 2.45 bits per heavy atom. The molecule has 2 saturated heterocycles. The van der Waals surface area contributed by atoms with Gasteiger partial charge in [-0.3, -0.25) is 4.90 Å². The number of rotatable bonds is 0. The minimum atomic E-state index is -0.892. The van der Waals surface area contributed by atoms with Gasteiger partial charge in [0.15, 0.2) is 0 Å². The lowest BCUT2D eigenvalue weighted by Crippen LogP contribution is -2.34. The number of carbonyl (C=O) groups is 1. The fraction of sp³-hybridized carbons (Fsp3) is 0.857. The number of fused-ring (bicyclic) bond motifs is 1. The van der Waals surface area contributed by atoms with Crippen molar-refractivity contribution >= 4 is 6.09 Å². The number of ether oxygens (including phenoxy) is 1. The van der Waals surface area contributed by atoms with Crippen LogP contribution >= 0.6 is 0 Å². The lowest BCUT2D eigenvalue weighted by atomic mass is 10.1. The fourth-order valence-electron chi connectivity index (χ4n) is 1.83. The Morgan fingerprint density at radius 1 is 1.73 bits per heavy atom. The highest BCUT2D eigenvalue weighted by Gasteiger charge is 2.48. The Kier molecular flexibility index (Phi) is 1.31. The molecule has 3 atom stereocenters. The summed E-state index contributed by atoms with van der Waals surface area (Å²) in [5, 5.41) is 0. The molecule has 0 aromatic heterocycles. The third-order valence-electron chi connectivity index (χ3n) is 2.38. The average Bonchev–Trinajstić information content (AvgIpc) is 2.41. The molecular formula is C7H10FNO2. The number of halogens is 1. The van der Waals surface area contributed by atoms with E-state index in [9.17, 15) is 9.18 Å². The van der Waals surface area contributed by atoms with Crippen molar-refractivity contribution in [2.45, 2.75) is 31.7 Å². The Bertz CT molecular complexity index is 197. The summed E-state index contributed by atoms with van der Waals surface area (Å²) in [5.74, 6) is 0. The number of hydrogen-bond donors (Lipinski definition) is 0. The minimum Gasteiger partial charge on any atom is -0.444 e. The van der Waals surface area contributed by atoms with Crippen LogP contribution in [0.15, 0.2) is 0 Å². The van der Waals surface area contributed by atoms with E-state index in [1.54, 1.807) is 6.92 Å². The highest BCUT2D eigenvalue weighted by molar-refractivity contribution is 5.71. The zero-order valence-corrected chi connectivity index (χ0v) is 6.29. The summed E-state index contributed by atoms with van der Waals surface area (Å²) in [7, 11) is 0. The average molecular weight is 159 g/mol. The van der Waals surface area contributed by atoms with Crippen molar-refractivity contribution in [2.24, 2.45) is 0 Å². The number of carbonyl (C=O) groups excluding carboxylic acids is 1. The van der Waals surface area contributed by atoms with Crippen LogP contribution in [0.5, 0.6) is 0 Å². The van der Waals surface area contributed by atoms with Crippen molar-refractivity contribution in [3.63, 3.8) is 0 Å². The van der Waals surface area contributed by atoms with Crippen molar-refractivity contribution in [3.8, 4) is 0 Å². The summed E-state index contributed by atoms with van der Waals surface area (Å²) in [6.45, 7) is 2.25. The minimum absolute atomic E-state index is 0.278. The van der Waals surface area contributed by atoms with Crippen LogP contribution in [0.2, 0.25) is 0 Å². The normalized spacial score (nSPS) is 42.5. The molecule has 0 aromatic rings. The van der Waals surface area contributed by atoms with Gasteiger partial charge in [-0.25, -0.2) is 9.18 Å². The van der Waals surface area contributed by atoms with E-state index < -0.39 is 6.17 Å². The number of hydrogen-bond acceptors (Lipinski definition) is 2. The summed E-state index contributed by atoms with van der Waals surface area (Å²) in [4.78, 5) is 12.4. The summed E-state index contributed by atoms with van der Waals surface area (Å²) in [6, 6.07) is -0.317. The Hall–Kier alpha value is -0.800. The zero-order chi connectivity index (χ0) is 8.01. The molecule has 2 aliphatic rings. The van der Waals surface area contributed by atoms with Crippen molar-refractivity contribution in [1.29, 1.82) is 0 Å². The molecule has 62 valence electrons. The van der Waals surface area contributed by atoms with Gasteiger partial charge in [-0.05, 0) is 13.3 Å². The first-order valence-electron chi connectivity index (χ1n) is 3.81. The Morgan fingerprint density at radius 3 is 3.09 bits per heavy atom. The summed E-state index contributed by atoms with van der Waals surface area (Å²) in [5.41, 5.74) is 0. The van der Waals surface area contributed by atoms with Crippen LogP contribution < -0.4 is 0 Å². The summed E-state index contributed by atoms with van der Waals surface area (Å²) < 4.78 is 17.9. The van der Waals surface area contributed by atoms with Crippen molar-refractivity contribution < 1.29 is 13.9 Å². The smallest absolute Gasteiger partial charge is 0.410 e. The van der Waals surface area contributed by atoms with Gasteiger partial charge < -0.3 is 4.74 Å². The SMILES string of the molecule is C[C@@H]1OC(=O)N2CC[C@H](F)[C@@H]12. The number of nitrogens with zero attached hydrogens (tertiary/aromatic N) is 1. The predicted octanol–water partition coefficient (Wildman–Crippen LogP) is 0.938. The van der Waals surface area contributed by atoms with Crippen molar-refractivity contribution in [2.75, 3.05) is 6.54 Å². The first kappa shape index (κ1) is 6.88. The first-order chi connectivity index (χ1) is 5.20. The molecule has 0 N–H and O–H groups in total. The predicted molar refractivity (Wildman–Crippen MR) is 36.0 cm³/mol. The van der Waals surface area contributed by atoms with Crippen LogP contribution in [0.3, 0.4) is 0 Å². The van der Waals surface area contributed by atoms with Gasteiger partial charge in [-0.15, -0.1) is 0 Å². The van der Waals surface area contributed by atoms with Crippen LogP contribution in [0.1, 0.15) is 13.3 Å². The van der Waals surface area contributed by atoms with Gasteiger partial charge in [0, 0.05) is 6.54 Å². The van der Waals surface area contributed by atoms with Crippen LogP contribution in [-0.2, 0) is 4.74 Å². The zero-order valence-electron chi connectivity index (χ0n) is 6.29. The second-order valence-electron chi connectivity index (χ2n) is 3.08. The second-order valence-corrected chi connectivity index (χ2v) is 3.08. The molecule has 0 spiro atoms. The van der Waals surface area contributed by atoms with Crippen molar-refractivity contribution in [1.82, 2.24) is 4.90 Å². The third kappa shape index (κ3) is 0.814. The van der Waals surface area contributed by atoms with Crippen LogP contribution in [0, 0.1) is 0 Å². The van der Waals surface area contributed by atoms with Gasteiger partial charge in [-0.2, -0.15) is 0 Å². The van der Waals surface area contributed by atoms with Gasteiger partial charge >= 0.3 is 6.09 Å². The lowest BCUT2D eigenvalue weighted by Gasteiger charge is -2.14. The van der Waals surface area contributed by atoms with E-state index in [-0.39, 0.29) is 18.2 Å². The summed E-state index contributed by atoms with van der Waals surface area (Å²) >= 11 is 0. The van der Waals surface area contributed by atoms with Crippen molar-refractivity contribution in [3.05, 3.63) is 0 Å². The molecule has 3 nitrogen and oxygen atoms in total. The number of alkyl halides is 1. The van der Waals surface area contributed by atoms with E-state index in [0.717, 1.165) is 0 Å². The molecule has 1 amide bonds. The number of cyclic esters (lactones) is 1. The van der Waals surface area contributed by atoms with Gasteiger partial charge in [0.25, 0.3) is 0 Å². The maximum atomic E-state index is 13.0. The van der Waals surface area contributed by atoms with E-state index >= 15 is 0 Å². The molecule has 0 bridgehead atoms.